The Labute approximate surface area is 97.9 Å². The van der Waals surface area contributed by atoms with Crippen molar-refractivity contribution in [1.82, 2.24) is 0 Å². The van der Waals surface area contributed by atoms with Crippen molar-refractivity contribution in [2.45, 2.75) is 19.8 Å². The smallest absolute Gasteiger partial charge is 0.569 e. The van der Waals surface area contributed by atoms with Crippen molar-refractivity contribution in [3.63, 3.8) is 0 Å². The van der Waals surface area contributed by atoms with Crippen molar-refractivity contribution in [2.24, 2.45) is 0 Å². The molecule has 0 saturated heterocycles. The summed E-state index contributed by atoms with van der Waals surface area (Å²) >= 11 is 0. The Balaban J connectivity index is -0.000000109. The third-order valence-corrected chi connectivity index (χ3v) is 0.464. The van der Waals surface area contributed by atoms with Crippen LogP contribution in [0.5, 0.6) is 0 Å². The molecular weight excluding hydrogens is 147 g/mol. The number of aliphatic hydroxyl groups is 1. The molecule has 0 aromatic heterocycles. The second-order valence-corrected chi connectivity index (χ2v) is 1.14. The standard InChI is InChI=1S/C4H8O2.CH3O.K/c1-2-3-4(5)6;1-2;/h2-3H2,1H3,(H,5,6);2H,1H2;/q;-1;+1. The fraction of sp³-hybridized carbons (Fsp3) is 0.600. The number of hydrogen-bond acceptors (Lipinski definition) is 2. The zero-order valence-corrected chi connectivity index (χ0v) is 9.05. The molecule has 50 valence electrons. The van der Waals surface area contributed by atoms with Crippen molar-refractivity contribution in [3.8, 4) is 0 Å². The van der Waals surface area contributed by atoms with Crippen molar-refractivity contribution >= 4 is 5.97 Å². The quantitative estimate of drug-likeness (QED) is 0.362. The molecule has 0 fully saturated rings. The van der Waals surface area contributed by atoms with E-state index in [0.717, 1.165) is 6.42 Å². The fourth-order valence-corrected chi connectivity index (χ4v) is 0.214. The van der Waals surface area contributed by atoms with Crippen LogP contribution >= 0.6 is 0 Å². The first-order valence-electron chi connectivity index (χ1n) is 2.30. The van der Waals surface area contributed by atoms with Crippen LogP contribution in [0.25, 0.3) is 0 Å². The molecule has 0 aromatic rings. The van der Waals surface area contributed by atoms with Gasteiger partial charge in [0.1, 0.15) is 0 Å². The summed E-state index contributed by atoms with van der Waals surface area (Å²) in [5.41, 5.74) is 0. The van der Waals surface area contributed by atoms with Crippen LogP contribution in [0.2, 0.25) is 0 Å². The van der Waals surface area contributed by atoms with Gasteiger partial charge in [0.2, 0.25) is 0 Å². The van der Waals surface area contributed by atoms with Gasteiger partial charge in [-0.25, -0.2) is 7.11 Å². The summed E-state index contributed by atoms with van der Waals surface area (Å²) in [6.45, 7) is 1.84. The minimum Gasteiger partial charge on any atom is -0.569 e. The number of carboxylic acids is 1. The van der Waals surface area contributed by atoms with Crippen LogP contribution in [-0.2, 0) is 4.79 Å². The number of hydrogen-bond donors (Lipinski definition) is 2. The molecule has 0 heterocycles. The fourth-order valence-electron chi connectivity index (χ4n) is 0.214. The molecule has 0 rings (SSSR count). The van der Waals surface area contributed by atoms with E-state index in [1.165, 1.54) is 0 Å². The molecule has 3 nitrogen and oxygen atoms in total. The van der Waals surface area contributed by atoms with E-state index in [0.29, 0.717) is 6.42 Å². The van der Waals surface area contributed by atoms with E-state index in [1.807, 2.05) is 6.92 Å². The first-order valence-corrected chi connectivity index (χ1v) is 2.30. The van der Waals surface area contributed by atoms with Gasteiger partial charge in [-0.15, -0.1) is 0 Å². The van der Waals surface area contributed by atoms with E-state index in [-0.39, 0.29) is 51.4 Å². The monoisotopic (exact) mass is 158 g/mol. The van der Waals surface area contributed by atoms with Crippen LogP contribution < -0.4 is 51.4 Å². The molecule has 0 saturated carbocycles. The maximum atomic E-state index is 9.60. The molecule has 0 aromatic carbocycles. The maximum Gasteiger partial charge on any atom is 1.00 e. The topological polar surface area (TPSA) is 57.5 Å². The Morgan fingerprint density at radius 2 is 1.89 bits per heavy atom. The molecular formula is C5H11KO3. The van der Waals surface area contributed by atoms with E-state index in [4.69, 9.17) is 10.2 Å². The van der Waals surface area contributed by atoms with Crippen molar-refractivity contribution in [1.29, 1.82) is 0 Å². The Morgan fingerprint density at radius 3 is 1.89 bits per heavy atom. The van der Waals surface area contributed by atoms with Crippen LogP contribution in [0.15, 0.2) is 0 Å². The molecule has 9 heavy (non-hydrogen) atoms. The van der Waals surface area contributed by atoms with Gasteiger partial charge in [-0.2, -0.15) is 0 Å². The normalized spacial score (nSPS) is 6.11. The van der Waals surface area contributed by atoms with Crippen molar-refractivity contribution in [3.05, 3.63) is 7.11 Å². The summed E-state index contributed by atoms with van der Waals surface area (Å²) in [5.74, 6) is -0.711. The maximum absolute atomic E-state index is 9.60. The van der Waals surface area contributed by atoms with E-state index in [9.17, 15) is 4.79 Å². The van der Waals surface area contributed by atoms with E-state index in [2.05, 4.69) is 7.11 Å². The van der Waals surface area contributed by atoms with Crippen LogP contribution in [0.4, 0.5) is 0 Å². The van der Waals surface area contributed by atoms with Gasteiger partial charge < -0.3 is 10.2 Å². The number of rotatable bonds is 2. The van der Waals surface area contributed by atoms with Crippen LogP contribution in [0.3, 0.4) is 0 Å². The number of aliphatic hydroxyl groups excluding tert-OH is 1. The second kappa shape index (κ2) is 16.0. The number of aliphatic carboxylic acids is 1. The summed E-state index contributed by atoms with van der Waals surface area (Å²) in [6.07, 6.45) is 1.02. The van der Waals surface area contributed by atoms with Gasteiger partial charge in [0.15, 0.2) is 0 Å². The van der Waals surface area contributed by atoms with E-state index < -0.39 is 5.97 Å². The minimum absolute atomic E-state index is 0. The molecule has 0 radical (unpaired) electrons. The SMILES string of the molecule is CCCC(=O)O.[CH2-]O.[K+]. The first kappa shape index (κ1) is 16.6. The molecule has 0 bridgehead atoms. The second-order valence-electron chi connectivity index (χ2n) is 1.14. The molecule has 0 unspecified atom stereocenters. The third kappa shape index (κ3) is 27.4. The van der Waals surface area contributed by atoms with Gasteiger partial charge >= 0.3 is 57.4 Å². The van der Waals surface area contributed by atoms with Crippen molar-refractivity contribution in [2.75, 3.05) is 0 Å². The van der Waals surface area contributed by atoms with Gasteiger partial charge in [0.25, 0.3) is 0 Å². The van der Waals surface area contributed by atoms with Gasteiger partial charge in [0, 0.05) is 6.42 Å². The molecule has 0 aliphatic rings. The minimum atomic E-state index is -0.711. The van der Waals surface area contributed by atoms with Crippen LogP contribution in [0, 0.1) is 7.11 Å². The molecule has 0 spiro atoms. The Hall–Kier alpha value is 1.07. The number of carboxylic acid groups (broad SMARTS) is 1. The van der Waals surface area contributed by atoms with Crippen molar-refractivity contribution < 1.29 is 66.4 Å². The summed E-state index contributed by atoms with van der Waals surface area (Å²) in [7, 11) is 2.25. The average Bonchev–Trinajstić information content (AvgIpc) is 1.72. The van der Waals surface area contributed by atoms with Crippen LogP contribution in [-0.4, -0.2) is 16.2 Å². The molecule has 0 atom stereocenters. The van der Waals surface area contributed by atoms with E-state index >= 15 is 0 Å². The Morgan fingerprint density at radius 1 is 1.56 bits per heavy atom. The van der Waals surface area contributed by atoms with Crippen LogP contribution in [0.1, 0.15) is 19.8 Å². The van der Waals surface area contributed by atoms with Gasteiger partial charge in [-0.3, -0.25) is 4.79 Å². The Bertz CT molecular complexity index is 56.2. The molecule has 0 amide bonds. The zero-order valence-electron chi connectivity index (χ0n) is 5.92. The summed E-state index contributed by atoms with van der Waals surface area (Å²) in [4.78, 5) is 9.60. The first-order chi connectivity index (χ1) is 3.77. The predicted octanol–water partition coefficient (Wildman–Crippen LogP) is -1.97. The van der Waals surface area contributed by atoms with Gasteiger partial charge in [-0.1, -0.05) is 6.92 Å². The summed E-state index contributed by atoms with van der Waals surface area (Å²) in [6, 6.07) is 0. The van der Waals surface area contributed by atoms with Gasteiger partial charge in [0.05, 0.1) is 0 Å². The average molecular weight is 158 g/mol. The predicted molar refractivity (Wildman–Crippen MR) is 29.8 cm³/mol. The molecule has 0 aliphatic carbocycles. The largest absolute Gasteiger partial charge is 1.00 e. The summed E-state index contributed by atoms with van der Waals surface area (Å²) < 4.78 is 0. The molecule has 0 aliphatic heterocycles. The Kier molecular flexibility index (Phi) is 29.5. The molecule has 2 N–H and O–H groups in total. The summed E-state index contributed by atoms with van der Waals surface area (Å²) in [5, 5.41) is 14.7. The zero-order chi connectivity index (χ0) is 6.99. The van der Waals surface area contributed by atoms with Gasteiger partial charge in [-0.05, 0) is 6.42 Å². The van der Waals surface area contributed by atoms with E-state index in [1.54, 1.807) is 0 Å². The molecule has 4 heteroatoms. The number of carbonyl (C=O) groups is 1. The third-order valence-electron chi connectivity index (χ3n) is 0.464.